The van der Waals surface area contributed by atoms with E-state index in [2.05, 4.69) is 61.3 Å². The van der Waals surface area contributed by atoms with Crippen LogP contribution < -0.4 is 10.6 Å². The van der Waals surface area contributed by atoms with Gasteiger partial charge in [-0.3, -0.25) is 4.79 Å². The van der Waals surface area contributed by atoms with Crippen LogP contribution >= 0.6 is 0 Å². The smallest absolute Gasteiger partial charge is 0.258 e. The van der Waals surface area contributed by atoms with E-state index in [1.165, 1.54) is 23.5 Å². The molecule has 0 saturated heterocycles. The second-order valence-corrected chi connectivity index (χ2v) is 8.44. The standard InChI is InChI=1S/C24H28N4O/c1-16(2)20-8-6-7-9-21(20)28-23-25-14-17(15-26-23)22(29)27-19-12-10-18(11-13-19)24(3,4)5/h6-16H,1-5H3,(H,27,29)(H,25,26,28). The maximum Gasteiger partial charge on any atom is 0.258 e. The van der Waals surface area contributed by atoms with Crippen molar-refractivity contribution in [2.24, 2.45) is 0 Å². The SMILES string of the molecule is CC(C)c1ccccc1Nc1ncc(C(=O)Nc2ccc(C(C)(C)C)cc2)cn1. The second kappa shape index (κ2) is 8.43. The predicted octanol–water partition coefficient (Wildman–Crippen LogP) is 5.89. The molecular formula is C24H28N4O. The molecule has 0 unspecified atom stereocenters. The van der Waals surface area contributed by atoms with E-state index in [0.717, 1.165) is 11.4 Å². The lowest BCUT2D eigenvalue weighted by Gasteiger charge is -2.19. The monoisotopic (exact) mass is 388 g/mol. The van der Waals surface area contributed by atoms with Crippen LogP contribution in [0.15, 0.2) is 60.9 Å². The first-order chi connectivity index (χ1) is 13.7. The highest BCUT2D eigenvalue weighted by atomic mass is 16.1. The number of rotatable bonds is 5. The molecule has 5 heteroatoms. The molecule has 0 saturated carbocycles. The zero-order valence-electron chi connectivity index (χ0n) is 17.7. The van der Waals surface area contributed by atoms with Gasteiger partial charge in [-0.15, -0.1) is 0 Å². The molecule has 3 aromatic rings. The maximum atomic E-state index is 12.5. The van der Waals surface area contributed by atoms with Crippen molar-refractivity contribution in [3.05, 3.63) is 77.6 Å². The molecule has 0 atom stereocenters. The third kappa shape index (κ3) is 5.19. The molecule has 0 bridgehead atoms. The van der Waals surface area contributed by atoms with Crippen LogP contribution in [0.3, 0.4) is 0 Å². The fraction of sp³-hybridized carbons (Fsp3) is 0.292. The fourth-order valence-corrected chi connectivity index (χ4v) is 3.00. The lowest BCUT2D eigenvalue weighted by molar-refractivity contribution is 0.102. The Labute approximate surface area is 172 Å². The second-order valence-electron chi connectivity index (χ2n) is 8.44. The van der Waals surface area contributed by atoms with Gasteiger partial charge in [-0.25, -0.2) is 9.97 Å². The van der Waals surface area contributed by atoms with Gasteiger partial charge in [0.25, 0.3) is 5.91 Å². The molecule has 0 aliphatic rings. The summed E-state index contributed by atoms with van der Waals surface area (Å²) < 4.78 is 0. The first-order valence-corrected chi connectivity index (χ1v) is 9.84. The normalized spacial score (nSPS) is 11.4. The van der Waals surface area contributed by atoms with E-state index in [4.69, 9.17) is 0 Å². The number of carbonyl (C=O) groups is 1. The zero-order chi connectivity index (χ0) is 21.0. The summed E-state index contributed by atoms with van der Waals surface area (Å²) in [6.45, 7) is 10.8. The van der Waals surface area contributed by atoms with E-state index in [0.29, 0.717) is 17.4 Å². The Morgan fingerprint density at radius 2 is 1.55 bits per heavy atom. The molecule has 0 fully saturated rings. The summed E-state index contributed by atoms with van der Waals surface area (Å²) >= 11 is 0. The molecule has 3 rings (SSSR count). The van der Waals surface area contributed by atoms with Gasteiger partial charge in [0, 0.05) is 23.8 Å². The molecule has 1 amide bonds. The minimum Gasteiger partial charge on any atom is -0.324 e. The van der Waals surface area contributed by atoms with Crippen molar-refractivity contribution in [3.8, 4) is 0 Å². The topological polar surface area (TPSA) is 66.9 Å². The third-order valence-electron chi connectivity index (χ3n) is 4.75. The van der Waals surface area contributed by atoms with E-state index in [9.17, 15) is 4.79 Å². The maximum absolute atomic E-state index is 12.5. The molecule has 0 spiro atoms. The van der Waals surface area contributed by atoms with Crippen LogP contribution in [-0.4, -0.2) is 15.9 Å². The number of anilines is 3. The summed E-state index contributed by atoms with van der Waals surface area (Å²) in [7, 11) is 0. The zero-order valence-corrected chi connectivity index (χ0v) is 17.7. The average molecular weight is 389 g/mol. The molecule has 29 heavy (non-hydrogen) atoms. The van der Waals surface area contributed by atoms with Crippen LogP contribution in [0.4, 0.5) is 17.3 Å². The summed E-state index contributed by atoms with van der Waals surface area (Å²) in [4.78, 5) is 21.1. The number of amides is 1. The van der Waals surface area contributed by atoms with Crippen LogP contribution in [0.5, 0.6) is 0 Å². The Bertz CT molecular complexity index is 971. The van der Waals surface area contributed by atoms with Gasteiger partial charge < -0.3 is 10.6 Å². The fourth-order valence-electron chi connectivity index (χ4n) is 3.00. The minimum absolute atomic E-state index is 0.0768. The highest BCUT2D eigenvalue weighted by molar-refractivity contribution is 6.03. The van der Waals surface area contributed by atoms with Gasteiger partial charge in [0.05, 0.1) is 5.56 Å². The highest BCUT2D eigenvalue weighted by Gasteiger charge is 2.14. The van der Waals surface area contributed by atoms with Gasteiger partial charge in [-0.1, -0.05) is 65.0 Å². The van der Waals surface area contributed by atoms with Crippen LogP contribution in [0, 0.1) is 0 Å². The van der Waals surface area contributed by atoms with Gasteiger partial charge in [0.15, 0.2) is 0 Å². The van der Waals surface area contributed by atoms with E-state index >= 15 is 0 Å². The Kier molecular flexibility index (Phi) is 5.97. The minimum atomic E-state index is -0.234. The van der Waals surface area contributed by atoms with Crippen molar-refractivity contribution in [1.29, 1.82) is 0 Å². The number of benzene rings is 2. The Morgan fingerprint density at radius 3 is 2.14 bits per heavy atom. The number of hydrogen-bond acceptors (Lipinski definition) is 4. The molecule has 2 aromatic carbocycles. The lowest BCUT2D eigenvalue weighted by atomic mass is 9.87. The van der Waals surface area contributed by atoms with Crippen LogP contribution in [0.2, 0.25) is 0 Å². The number of hydrogen-bond donors (Lipinski definition) is 2. The van der Waals surface area contributed by atoms with E-state index in [1.54, 1.807) is 0 Å². The van der Waals surface area contributed by atoms with Crippen molar-refractivity contribution in [2.45, 2.75) is 46.0 Å². The van der Waals surface area contributed by atoms with Gasteiger partial charge in [0.1, 0.15) is 0 Å². The third-order valence-corrected chi connectivity index (χ3v) is 4.75. The number of nitrogens with zero attached hydrogens (tertiary/aromatic N) is 2. The van der Waals surface area contributed by atoms with E-state index in [1.807, 2.05) is 42.5 Å². The lowest BCUT2D eigenvalue weighted by Crippen LogP contribution is -2.14. The average Bonchev–Trinajstić information content (AvgIpc) is 2.68. The summed E-state index contributed by atoms with van der Waals surface area (Å²) in [5.41, 5.74) is 4.61. The largest absolute Gasteiger partial charge is 0.324 e. The molecule has 0 radical (unpaired) electrons. The Balaban J connectivity index is 1.68. The summed E-state index contributed by atoms with van der Waals surface area (Å²) in [5.74, 6) is 0.611. The summed E-state index contributed by atoms with van der Waals surface area (Å²) in [6, 6.07) is 16.0. The van der Waals surface area contributed by atoms with E-state index in [-0.39, 0.29) is 11.3 Å². The number of carbonyl (C=O) groups excluding carboxylic acids is 1. The van der Waals surface area contributed by atoms with Crippen LogP contribution in [0.25, 0.3) is 0 Å². The predicted molar refractivity (Wildman–Crippen MR) is 119 cm³/mol. The summed E-state index contributed by atoms with van der Waals surface area (Å²) in [5, 5.41) is 6.13. The van der Waals surface area contributed by atoms with Crippen molar-refractivity contribution < 1.29 is 4.79 Å². The van der Waals surface area contributed by atoms with Crippen molar-refractivity contribution >= 4 is 23.2 Å². The molecule has 5 nitrogen and oxygen atoms in total. The Morgan fingerprint density at radius 1 is 0.931 bits per heavy atom. The first-order valence-electron chi connectivity index (χ1n) is 9.84. The summed E-state index contributed by atoms with van der Waals surface area (Å²) in [6.07, 6.45) is 3.07. The van der Waals surface area contributed by atoms with Gasteiger partial charge in [0.2, 0.25) is 5.95 Å². The molecule has 150 valence electrons. The van der Waals surface area contributed by atoms with Crippen molar-refractivity contribution in [3.63, 3.8) is 0 Å². The van der Waals surface area contributed by atoms with Crippen LogP contribution in [0.1, 0.15) is 62.0 Å². The Hall–Kier alpha value is -3.21. The molecule has 2 N–H and O–H groups in total. The van der Waals surface area contributed by atoms with Crippen LogP contribution in [-0.2, 0) is 5.41 Å². The van der Waals surface area contributed by atoms with Crippen molar-refractivity contribution in [1.82, 2.24) is 9.97 Å². The number of nitrogens with one attached hydrogen (secondary N) is 2. The van der Waals surface area contributed by atoms with Crippen molar-refractivity contribution in [2.75, 3.05) is 10.6 Å². The molecule has 0 aliphatic heterocycles. The molecule has 0 aliphatic carbocycles. The van der Waals surface area contributed by atoms with E-state index < -0.39 is 0 Å². The number of para-hydroxylation sites is 1. The van der Waals surface area contributed by atoms with Gasteiger partial charge >= 0.3 is 0 Å². The molecular weight excluding hydrogens is 360 g/mol. The van der Waals surface area contributed by atoms with Gasteiger partial charge in [-0.2, -0.15) is 0 Å². The first kappa shape index (κ1) is 20.5. The molecule has 1 aromatic heterocycles. The molecule has 1 heterocycles. The quantitative estimate of drug-likeness (QED) is 0.571. The highest BCUT2D eigenvalue weighted by Crippen LogP contribution is 2.26. The number of aromatic nitrogens is 2. The van der Waals surface area contributed by atoms with Gasteiger partial charge in [-0.05, 0) is 40.7 Å².